The Balaban J connectivity index is 3.63. The summed E-state index contributed by atoms with van der Waals surface area (Å²) in [5.41, 5.74) is 0.326. The van der Waals surface area contributed by atoms with E-state index in [9.17, 15) is 4.79 Å². The summed E-state index contributed by atoms with van der Waals surface area (Å²) >= 11 is 0. The number of rotatable bonds is 4. The van der Waals surface area contributed by atoms with Crippen LogP contribution in [0.2, 0.25) is 0 Å². The third-order valence-corrected chi connectivity index (χ3v) is 1.92. The van der Waals surface area contributed by atoms with Gasteiger partial charge in [-0.2, -0.15) is 0 Å². The fourth-order valence-corrected chi connectivity index (χ4v) is 1.00. The zero-order chi connectivity index (χ0) is 10.5. The molecule has 2 nitrogen and oxygen atoms in total. The Labute approximate surface area is 81.7 Å². The van der Waals surface area contributed by atoms with Crippen molar-refractivity contribution < 1.29 is 9.53 Å². The SMILES string of the molecule is CCC(=O)OC(C)CCC(C)(C)C. The Morgan fingerprint density at radius 2 is 1.92 bits per heavy atom. The summed E-state index contributed by atoms with van der Waals surface area (Å²) in [4.78, 5) is 10.9. The molecule has 0 aliphatic heterocycles. The Morgan fingerprint density at radius 1 is 1.38 bits per heavy atom. The summed E-state index contributed by atoms with van der Waals surface area (Å²) in [7, 11) is 0. The van der Waals surface area contributed by atoms with Crippen molar-refractivity contribution in [3.63, 3.8) is 0 Å². The summed E-state index contributed by atoms with van der Waals surface area (Å²) in [6.07, 6.45) is 2.58. The fourth-order valence-electron chi connectivity index (χ4n) is 1.00. The van der Waals surface area contributed by atoms with E-state index in [1.54, 1.807) is 0 Å². The van der Waals surface area contributed by atoms with Crippen molar-refractivity contribution in [1.29, 1.82) is 0 Å². The van der Waals surface area contributed by atoms with Crippen molar-refractivity contribution >= 4 is 5.97 Å². The highest BCUT2D eigenvalue weighted by molar-refractivity contribution is 5.69. The van der Waals surface area contributed by atoms with E-state index < -0.39 is 0 Å². The topological polar surface area (TPSA) is 26.3 Å². The molecular weight excluding hydrogens is 164 g/mol. The molecule has 0 radical (unpaired) electrons. The number of carbonyl (C=O) groups excluding carboxylic acids is 1. The van der Waals surface area contributed by atoms with Crippen molar-refractivity contribution in [2.75, 3.05) is 0 Å². The molecule has 1 unspecified atom stereocenters. The maximum Gasteiger partial charge on any atom is 0.305 e. The average Bonchev–Trinajstić information content (AvgIpc) is 1.99. The van der Waals surface area contributed by atoms with E-state index in [-0.39, 0.29) is 12.1 Å². The molecule has 0 N–H and O–H groups in total. The lowest BCUT2D eigenvalue weighted by Crippen LogP contribution is -2.17. The van der Waals surface area contributed by atoms with Gasteiger partial charge in [-0.1, -0.05) is 27.7 Å². The molecule has 0 amide bonds. The fraction of sp³-hybridized carbons (Fsp3) is 0.909. The highest BCUT2D eigenvalue weighted by Crippen LogP contribution is 2.22. The van der Waals surface area contributed by atoms with Gasteiger partial charge in [0.1, 0.15) is 0 Å². The van der Waals surface area contributed by atoms with Gasteiger partial charge in [-0.25, -0.2) is 0 Å². The molecule has 0 aliphatic rings. The average molecular weight is 186 g/mol. The van der Waals surface area contributed by atoms with Gasteiger partial charge in [-0.15, -0.1) is 0 Å². The summed E-state index contributed by atoms with van der Waals surface area (Å²) < 4.78 is 5.16. The minimum Gasteiger partial charge on any atom is -0.463 e. The third kappa shape index (κ3) is 7.82. The van der Waals surface area contributed by atoms with Gasteiger partial charge in [0.25, 0.3) is 0 Å². The van der Waals surface area contributed by atoms with Crippen LogP contribution < -0.4 is 0 Å². The predicted octanol–water partition coefficient (Wildman–Crippen LogP) is 3.15. The van der Waals surface area contributed by atoms with Gasteiger partial charge < -0.3 is 4.74 Å². The minimum absolute atomic E-state index is 0.0617. The van der Waals surface area contributed by atoms with E-state index in [4.69, 9.17) is 4.74 Å². The third-order valence-electron chi connectivity index (χ3n) is 1.92. The standard InChI is InChI=1S/C11H22O2/c1-6-10(12)13-9(2)7-8-11(3,4)5/h9H,6-8H2,1-5H3. The maximum absolute atomic E-state index is 10.9. The highest BCUT2D eigenvalue weighted by Gasteiger charge is 2.14. The van der Waals surface area contributed by atoms with E-state index in [1.165, 1.54) is 0 Å². The molecule has 78 valence electrons. The second kappa shape index (κ2) is 5.25. The normalized spacial score (nSPS) is 13.9. The first-order valence-corrected chi connectivity index (χ1v) is 5.04. The van der Waals surface area contributed by atoms with Crippen LogP contribution in [-0.2, 0) is 9.53 Å². The molecule has 13 heavy (non-hydrogen) atoms. The van der Waals surface area contributed by atoms with Gasteiger partial charge in [-0.05, 0) is 25.2 Å². The molecule has 0 aromatic rings. The van der Waals surface area contributed by atoms with E-state index in [0.29, 0.717) is 11.8 Å². The van der Waals surface area contributed by atoms with Crippen LogP contribution in [0.15, 0.2) is 0 Å². The zero-order valence-electron chi connectivity index (χ0n) is 9.52. The Hall–Kier alpha value is -0.530. The van der Waals surface area contributed by atoms with Crippen molar-refractivity contribution in [2.45, 2.75) is 60.0 Å². The largest absolute Gasteiger partial charge is 0.463 e. The number of esters is 1. The van der Waals surface area contributed by atoms with Crippen LogP contribution in [0.4, 0.5) is 0 Å². The van der Waals surface area contributed by atoms with Crippen molar-refractivity contribution in [1.82, 2.24) is 0 Å². The predicted molar refractivity (Wildman–Crippen MR) is 54.5 cm³/mol. The van der Waals surface area contributed by atoms with Crippen molar-refractivity contribution in [3.8, 4) is 0 Å². The summed E-state index contributed by atoms with van der Waals surface area (Å²) in [5.74, 6) is -0.0959. The van der Waals surface area contributed by atoms with Gasteiger partial charge in [-0.3, -0.25) is 4.79 Å². The number of ether oxygens (including phenoxy) is 1. The molecular formula is C11H22O2. The molecule has 0 saturated heterocycles. The molecule has 0 aromatic heterocycles. The first-order valence-electron chi connectivity index (χ1n) is 5.04. The Morgan fingerprint density at radius 3 is 2.31 bits per heavy atom. The van der Waals surface area contributed by atoms with E-state index >= 15 is 0 Å². The number of hydrogen-bond donors (Lipinski definition) is 0. The second-order valence-electron chi connectivity index (χ2n) is 4.75. The molecule has 0 rings (SSSR count). The molecule has 1 atom stereocenters. The molecule has 0 spiro atoms. The number of carbonyl (C=O) groups is 1. The van der Waals surface area contributed by atoms with Crippen molar-refractivity contribution in [2.24, 2.45) is 5.41 Å². The van der Waals surface area contributed by atoms with Crippen LogP contribution in [0.3, 0.4) is 0 Å². The maximum atomic E-state index is 10.9. The monoisotopic (exact) mass is 186 g/mol. The van der Waals surface area contributed by atoms with Gasteiger partial charge in [0, 0.05) is 6.42 Å². The van der Waals surface area contributed by atoms with Crippen LogP contribution in [0, 0.1) is 5.41 Å². The summed E-state index contributed by atoms with van der Waals surface area (Å²) in [6, 6.07) is 0. The van der Waals surface area contributed by atoms with E-state index in [0.717, 1.165) is 12.8 Å². The number of hydrogen-bond acceptors (Lipinski definition) is 2. The van der Waals surface area contributed by atoms with Crippen LogP contribution in [-0.4, -0.2) is 12.1 Å². The van der Waals surface area contributed by atoms with Crippen LogP contribution in [0.1, 0.15) is 53.9 Å². The van der Waals surface area contributed by atoms with Gasteiger partial charge >= 0.3 is 5.97 Å². The molecule has 0 aliphatic carbocycles. The van der Waals surface area contributed by atoms with Gasteiger partial charge in [0.05, 0.1) is 6.10 Å². The van der Waals surface area contributed by atoms with Crippen LogP contribution >= 0.6 is 0 Å². The van der Waals surface area contributed by atoms with Crippen molar-refractivity contribution in [3.05, 3.63) is 0 Å². The molecule has 0 bridgehead atoms. The van der Waals surface area contributed by atoms with E-state index in [2.05, 4.69) is 20.8 Å². The lowest BCUT2D eigenvalue weighted by atomic mass is 9.89. The van der Waals surface area contributed by atoms with Crippen LogP contribution in [0.5, 0.6) is 0 Å². The quantitative estimate of drug-likeness (QED) is 0.630. The summed E-state index contributed by atoms with van der Waals surface area (Å²) in [5, 5.41) is 0. The van der Waals surface area contributed by atoms with Gasteiger partial charge in [0.15, 0.2) is 0 Å². The lowest BCUT2D eigenvalue weighted by molar-refractivity contribution is -0.148. The molecule has 0 heterocycles. The molecule has 0 saturated carbocycles. The lowest BCUT2D eigenvalue weighted by Gasteiger charge is -2.20. The molecule has 2 heteroatoms. The van der Waals surface area contributed by atoms with Gasteiger partial charge in [0.2, 0.25) is 0 Å². The second-order valence-corrected chi connectivity index (χ2v) is 4.75. The van der Waals surface area contributed by atoms with Crippen LogP contribution in [0.25, 0.3) is 0 Å². The molecule has 0 fully saturated rings. The Bertz CT molecular complexity index is 156. The van der Waals surface area contributed by atoms with E-state index in [1.807, 2.05) is 13.8 Å². The molecule has 0 aromatic carbocycles. The zero-order valence-corrected chi connectivity index (χ0v) is 9.52. The first-order chi connectivity index (χ1) is 5.85. The first kappa shape index (κ1) is 12.5. The Kier molecular flexibility index (Phi) is 5.04. The summed E-state index contributed by atoms with van der Waals surface area (Å²) in [6.45, 7) is 10.4. The highest BCUT2D eigenvalue weighted by atomic mass is 16.5. The smallest absolute Gasteiger partial charge is 0.305 e. The minimum atomic E-state index is -0.0959.